The number of nitrogens with one attached hydrogen (secondary N) is 1. The van der Waals surface area contributed by atoms with Crippen molar-refractivity contribution < 1.29 is 9.18 Å². The highest BCUT2D eigenvalue weighted by molar-refractivity contribution is 8.18. The Morgan fingerprint density at radius 2 is 1.68 bits per heavy atom. The molecular weight excluding hydrogens is 411 g/mol. The van der Waals surface area contributed by atoms with Crippen LogP contribution in [0.15, 0.2) is 86.9 Å². The first-order valence-electron chi connectivity index (χ1n) is 9.62. The largest absolute Gasteiger partial charge is 0.300 e. The molecule has 1 heterocycles. The Balaban J connectivity index is 1.52. The van der Waals surface area contributed by atoms with Crippen LogP contribution in [0.2, 0.25) is 0 Å². The van der Waals surface area contributed by atoms with Crippen molar-refractivity contribution in [3.8, 4) is 0 Å². The summed E-state index contributed by atoms with van der Waals surface area (Å²) in [6, 6.07) is 19.7. The number of carbonyl (C=O) groups is 1. The first-order chi connectivity index (χ1) is 15.0. The zero-order valence-corrected chi connectivity index (χ0v) is 17.8. The first-order valence-corrected chi connectivity index (χ1v) is 10.4. The number of amides is 1. The summed E-state index contributed by atoms with van der Waals surface area (Å²) in [5, 5.41) is 11.8. The van der Waals surface area contributed by atoms with Gasteiger partial charge < -0.3 is 5.32 Å². The van der Waals surface area contributed by atoms with E-state index in [-0.39, 0.29) is 11.7 Å². The molecule has 0 atom stereocenters. The third-order valence-corrected chi connectivity index (χ3v) is 5.54. The number of amidine groups is 1. The Hall–Kier alpha value is -3.58. The van der Waals surface area contributed by atoms with Crippen LogP contribution >= 0.6 is 11.8 Å². The number of thioether (sulfide) groups is 1. The van der Waals surface area contributed by atoms with Crippen molar-refractivity contribution in [1.82, 2.24) is 5.32 Å². The van der Waals surface area contributed by atoms with Crippen molar-refractivity contribution in [2.75, 3.05) is 0 Å². The monoisotopic (exact) mass is 430 g/mol. The molecule has 0 spiro atoms. The molecule has 1 saturated heterocycles. The summed E-state index contributed by atoms with van der Waals surface area (Å²) < 4.78 is 13.9. The maximum atomic E-state index is 13.9. The number of carbonyl (C=O) groups excluding carboxylic acids is 1. The van der Waals surface area contributed by atoms with E-state index >= 15 is 0 Å². The topological polar surface area (TPSA) is 66.2 Å². The summed E-state index contributed by atoms with van der Waals surface area (Å²) in [4.78, 5) is 17.2. The van der Waals surface area contributed by atoms with Crippen LogP contribution in [0.3, 0.4) is 0 Å². The molecular formula is C24H19FN4OS. The summed E-state index contributed by atoms with van der Waals surface area (Å²) in [6.07, 6.45) is 1.53. The average molecular weight is 431 g/mol. The molecule has 1 aliphatic rings. The number of nitrogens with zero attached hydrogens (tertiary/aromatic N) is 3. The van der Waals surface area contributed by atoms with Gasteiger partial charge in [-0.05, 0) is 73.1 Å². The van der Waals surface area contributed by atoms with Crippen molar-refractivity contribution in [2.24, 2.45) is 15.2 Å². The maximum absolute atomic E-state index is 13.9. The molecule has 0 unspecified atom stereocenters. The fraction of sp³-hybridized carbons (Fsp3) is 0.0833. The van der Waals surface area contributed by atoms with Gasteiger partial charge in [0.25, 0.3) is 5.91 Å². The number of aryl methyl sites for hydroxylation is 2. The summed E-state index contributed by atoms with van der Waals surface area (Å²) >= 11 is 1.18. The lowest BCUT2D eigenvalue weighted by atomic mass is 10.2. The number of aliphatic imine (C=N–C) groups is 1. The summed E-state index contributed by atoms with van der Waals surface area (Å²) in [5.41, 5.74) is 4.57. The third-order valence-electron chi connectivity index (χ3n) is 4.63. The van der Waals surface area contributed by atoms with Crippen LogP contribution in [0.5, 0.6) is 0 Å². The molecule has 154 valence electrons. The zero-order chi connectivity index (χ0) is 21.8. The van der Waals surface area contributed by atoms with Crippen LogP contribution in [-0.4, -0.2) is 11.1 Å². The molecule has 0 aromatic heterocycles. The van der Waals surface area contributed by atoms with E-state index in [2.05, 4.69) is 20.5 Å². The molecule has 3 aromatic carbocycles. The molecule has 0 bridgehead atoms. The number of azo groups is 1. The van der Waals surface area contributed by atoms with Gasteiger partial charge in [0.05, 0.1) is 22.0 Å². The van der Waals surface area contributed by atoms with Gasteiger partial charge in [-0.3, -0.25) is 4.79 Å². The highest BCUT2D eigenvalue weighted by atomic mass is 32.2. The highest BCUT2D eigenvalue weighted by Gasteiger charge is 2.24. The predicted octanol–water partition coefficient (Wildman–Crippen LogP) is 6.75. The SMILES string of the molecule is Cc1ccccc1N=Nc1ccc(N=C2NC(=O)/C(=C/c3ccccc3F)S2)c(C)c1. The molecule has 3 aromatic rings. The zero-order valence-electron chi connectivity index (χ0n) is 17.0. The van der Waals surface area contributed by atoms with E-state index in [9.17, 15) is 9.18 Å². The van der Waals surface area contributed by atoms with Crippen molar-refractivity contribution in [3.05, 3.63) is 94.1 Å². The van der Waals surface area contributed by atoms with Crippen LogP contribution in [0.4, 0.5) is 21.5 Å². The number of hydrogen-bond donors (Lipinski definition) is 1. The lowest BCUT2D eigenvalue weighted by molar-refractivity contribution is -0.115. The van der Waals surface area contributed by atoms with Gasteiger partial charge in [-0.15, -0.1) is 0 Å². The van der Waals surface area contributed by atoms with Gasteiger partial charge >= 0.3 is 0 Å². The van der Waals surface area contributed by atoms with Crippen molar-refractivity contribution in [1.29, 1.82) is 0 Å². The minimum Gasteiger partial charge on any atom is -0.300 e. The second-order valence-electron chi connectivity index (χ2n) is 6.96. The minimum atomic E-state index is -0.375. The highest BCUT2D eigenvalue weighted by Crippen LogP contribution is 2.31. The van der Waals surface area contributed by atoms with Crippen LogP contribution in [0.1, 0.15) is 16.7 Å². The molecule has 4 rings (SSSR count). The molecule has 0 aliphatic carbocycles. The van der Waals surface area contributed by atoms with Crippen LogP contribution in [0, 0.1) is 19.7 Å². The van der Waals surface area contributed by atoms with E-state index < -0.39 is 0 Å². The van der Waals surface area contributed by atoms with Gasteiger partial charge in [-0.2, -0.15) is 10.2 Å². The molecule has 7 heteroatoms. The predicted molar refractivity (Wildman–Crippen MR) is 124 cm³/mol. The van der Waals surface area contributed by atoms with E-state index in [0.29, 0.717) is 27.0 Å². The first kappa shape index (κ1) is 20.7. The number of benzene rings is 3. The van der Waals surface area contributed by atoms with E-state index in [4.69, 9.17) is 0 Å². The molecule has 1 fully saturated rings. The molecule has 0 radical (unpaired) electrons. The third kappa shape index (κ3) is 4.95. The van der Waals surface area contributed by atoms with Crippen molar-refractivity contribution in [3.63, 3.8) is 0 Å². The van der Waals surface area contributed by atoms with Gasteiger partial charge in [-0.25, -0.2) is 9.38 Å². The Bertz CT molecular complexity index is 1250. The Kier molecular flexibility index (Phi) is 6.04. The standard InChI is InChI=1S/C24H19FN4OS/c1-15-7-3-6-10-21(15)29-28-18-11-12-20(16(2)13-18)26-24-27-23(30)22(31-24)14-17-8-4-5-9-19(17)25/h3-14H,1-2H3,(H,26,27,30)/b22-14-,29-28?. The summed E-state index contributed by atoms with van der Waals surface area (Å²) in [5.74, 6) is -0.673. The summed E-state index contributed by atoms with van der Waals surface area (Å²) in [6.45, 7) is 3.91. The maximum Gasteiger partial charge on any atom is 0.264 e. The molecule has 0 saturated carbocycles. The lowest BCUT2D eigenvalue weighted by Crippen LogP contribution is -2.19. The molecule has 1 aliphatic heterocycles. The average Bonchev–Trinajstić information content (AvgIpc) is 3.10. The van der Waals surface area contributed by atoms with Crippen LogP contribution in [0.25, 0.3) is 6.08 Å². The molecule has 1 amide bonds. The van der Waals surface area contributed by atoms with E-state index in [1.807, 2.05) is 56.3 Å². The number of hydrogen-bond acceptors (Lipinski definition) is 5. The van der Waals surface area contributed by atoms with Crippen molar-refractivity contribution >= 4 is 46.0 Å². The second kappa shape index (κ2) is 9.06. The van der Waals surface area contributed by atoms with Crippen LogP contribution in [-0.2, 0) is 4.79 Å². The van der Waals surface area contributed by atoms with E-state index in [0.717, 1.165) is 16.8 Å². The Morgan fingerprint density at radius 3 is 2.45 bits per heavy atom. The Labute approximate surface area is 183 Å². The quantitative estimate of drug-likeness (QED) is 0.367. The lowest BCUT2D eigenvalue weighted by Gasteiger charge is -2.03. The van der Waals surface area contributed by atoms with Crippen molar-refractivity contribution in [2.45, 2.75) is 13.8 Å². The van der Waals surface area contributed by atoms with Gasteiger partial charge in [0, 0.05) is 5.56 Å². The smallest absolute Gasteiger partial charge is 0.264 e. The van der Waals surface area contributed by atoms with Gasteiger partial charge in [0.15, 0.2) is 5.17 Å². The number of rotatable bonds is 4. The van der Waals surface area contributed by atoms with Crippen LogP contribution < -0.4 is 5.32 Å². The summed E-state index contributed by atoms with van der Waals surface area (Å²) in [7, 11) is 0. The normalized spacial score (nSPS) is 16.4. The van der Waals surface area contributed by atoms with E-state index in [1.54, 1.807) is 18.2 Å². The molecule has 5 nitrogen and oxygen atoms in total. The second-order valence-corrected chi connectivity index (χ2v) is 7.99. The van der Waals surface area contributed by atoms with Gasteiger partial charge in [-0.1, -0.05) is 36.4 Å². The fourth-order valence-corrected chi connectivity index (χ4v) is 3.76. The minimum absolute atomic E-state index is 0.298. The van der Waals surface area contributed by atoms with Gasteiger partial charge in [0.2, 0.25) is 0 Å². The fourth-order valence-electron chi connectivity index (χ4n) is 2.94. The molecule has 1 N–H and O–H groups in total. The van der Waals surface area contributed by atoms with E-state index in [1.165, 1.54) is 23.9 Å². The molecule has 31 heavy (non-hydrogen) atoms. The van der Waals surface area contributed by atoms with Gasteiger partial charge in [0.1, 0.15) is 5.82 Å². The number of halogens is 1. The Morgan fingerprint density at radius 1 is 0.903 bits per heavy atom.